The molecule has 0 bridgehead atoms. The van der Waals surface area contributed by atoms with Gasteiger partial charge in [0.25, 0.3) is 5.91 Å². The summed E-state index contributed by atoms with van der Waals surface area (Å²) in [6, 6.07) is 23.5. The van der Waals surface area contributed by atoms with E-state index in [2.05, 4.69) is 10.3 Å². The van der Waals surface area contributed by atoms with E-state index >= 15 is 0 Å². The zero-order valence-electron chi connectivity index (χ0n) is 16.7. The van der Waals surface area contributed by atoms with Gasteiger partial charge in [0.1, 0.15) is 5.15 Å². The molecule has 0 atom stereocenters. The molecule has 0 aliphatic rings. The molecule has 0 saturated carbocycles. The van der Waals surface area contributed by atoms with Crippen molar-refractivity contribution < 1.29 is 19.1 Å². The van der Waals surface area contributed by atoms with E-state index < -0.39 is 12.6 Å². The molecular weight excluding hydrogens is 428 g/mol. The first kappa shape index (κ1) is 21.2. The number of ketones is 1. The molecule has 4 rings (SSSR count). The first-order chi connectivity index (χ1) is 15.5. The van der Waals surface area contributed by atoms with E-state index in [4.69, 9.17) is 16.3 Å². The summed E-state index contributed by atoms with van der Waals surface area (Å²) in [6.07, 6.45) is 0. The lowest BCUT2D eigenvalue weighted by atomic mass is 10.1. The largest absolute Gasteiger partial charge is 0.454 e. The Bertz CT molecular complexity index is 1300. The summed E-state index contributed by atoms with van der Waals surface area (Å²) in [5.74, 6) is -1.21. The fraction of sp³-hybridized carbons (Fsp3) is 0.0400. The van der Waals surface area contributed by atoms with Crippen molar-refractivity contribution in [3.63, 3.8) is 0 Å². The van der Waals surface area contributed by atoms with Crippen LogP contribution in [0, 0.1) is 0 Å². The second-order valence-corrected chi connectivity index (χ2v) is 7.33. The van der Waals surface area contributed by atoms with Crippen LogP contribution in [0.4, 0.5) is 5.69 Å². The lowest BCUT2D eigenvalue weighted by Gasteiger charge is -2.08. The Hall–Kier alpha value is -4.03. The van der Waals surface area contributed by atoms with Gasteiger partial charge in [-0.15, -0.1) is 0 Å². The molecule has 32 heavy (non-hydrogen) atoms. The molecule has 0 aliphatic heterocycles. The molecule has 7 heteroatoms. The minimum absolute atomic E-state index is 0.244. The number of nitrogens with one attached hydrogen (secondary N) is 1. The van der Waals surface area contributed by atoms with Crippen molar-refractivity contribution >= 4 is 45.9 Å². The summed E-state index contributed by atoms with van der Waals surface area (Å²) in [5, 5.41) is 3.87. The first-order valence-corrected chi connectivity index (χ1v) is 10.1. The number of Topliss-reactive ketones (excluding diaryl/α,β-unsaturated/α-hetero) is 1. The molecule has 0 spiro atoms. The number of rotatable bonds is 6. The Kier molecular flexibility index (Phi) is 6.24. The highest BCUT2D eigenvalue weighted by Gasteiger charge is 2.13. The van der Waals surface area contributed by atoms with Crippen LogP contribution in [0.1, 0.15) is 31.1 Å². The summed E-state index contributed by atoms with van der Waals surface area (Å²) >= 11 is 5.87. The lowest BCUT2D eigenvalue weighted by Crippen LogP contribution is -2.15. The number of ether oxygens (including phenoxy) is 1. The molecule has 0 aliphatic carbocycles. The molecule has 1 N–H and O–H groups in total. The van der Waals surface area contributed by atoms with Gasteiger partial charge in [0, 0.05) is 22.2 Å². The molecule has 4 aromatic rings. The van der Waals surface area contributed by atoms with Crippen LogP contribution in [-0.2, 0) is 4.74 Å². The molecule has 0 fully saturated rings. The van der Waals surface area contributed by atoms with Gasteiger partial charge in [-0.2, -0.15) is 0 Å². The smallest absolute Gasteiger partial charge is 0.338 e. The average Bonchev–Trinajstić information content (AvgIpc) is 2.83. The predicted molar refractivity (Wildman–Crippen MR) is 122 cm³/mol. The topological polar surface area (TPSA) is 85.4 Å². The highest BCUT2D eigenvalue weighted by atomic mass is 35.5. The van der Waals surface area contributed by atoms with Crippen molar-refractivity contribution in [1.82, 2.24) is 4.98 Å². The Morgan fingerprint density at radius 3 is 2.28 bits per heavy atom. The number of anilines is 1. The van der Waals surface area contributed by atoms with Crippen LogP contribution in [-0.4, -0.2) is 29.3 Å². The van der Waals surface area contributed by atoms with Gasteiger partial charge in [0.2, 0.25) is 0 Å². The Balaban J connectivity index is 1.35. The minimum atomic E-state index is -0.609. The maximum Gasteiger partial charge on any atom is 0.338 e. The summed E-state index contributed by atoms with van der Waals surface area (Å²) in [6.45, 7) is -0.397. The van der Waals surface area contributed by atoms with Gasteiger partial charge in [-0.1, -0.05) is 29.8 Å². The van der Waals surface area contributed by atoms with Crippen molar-refractivity contribution in [3.05, 3.63) is 107 Å². The highest BCUT2D eigenvalue weighted by Crippen LogP contribution is 2.18. The van der Waals surface area contributed by atoms with Gasteiger partial charge in [-0.05, 0) is 66.7 Å². The van der Waals surface area contributed by atoms with Gasteiger partial charge in [0.15, 0.2) is 12.4 Å². The van der Waals surface area contributed by atoms with Gasteiger partial charge < -0.3 is 10.1 Å². The van der Waals surface area contributed by atoms with Crippen LogP contribution in [0.2, 0.25) is 5.15 Å². The molecule has 0 unspecified atom stereocenters. The molecule has 1 heterocycles. The van der Waals surface area contributed by atoms with E-state index in [0.717, 1.165) is 5.39 Å². The van der Waals surface area contributed by atoms with Crippen molar-refractivity contribution in [2.24, 2.45) is 0 Å². The summed E-state index contributed by atoms with van der Waals surface area (Å²) in [7, 11) is 0. The third-order valence-corrected chi connectivity index (χ3v) is 4.94. The highest BCUT2D eigenvalue weighted by molar-refractivity contribution is 6.29. The molecule has 0 saturated heterocycles. The number of amides is 1. The van der Waals surface area contributed by atoms with Crippen LogP contribution in [0.15, 0.2) is 84.9 Å². The van der Waals surface area contributed by atoms with Crippen molar-refractivity contribution in [3.8, 4) is 0 Å². The van der Waals surface area contributed by atoms with Crippen molar-refractivity contribution in [2.45, 2.75) is 0 Å². The Morgan fingerprint density at radius 2 is 1.53 bits per heavy atom. The Morgan fingerprint density at radius 1 is 0.812 bits per heavy atom. The number of fused-ring (bicyclic) bond motifs is 1. The van der Waals surface area contributed by atoms with Crippen LogP contribution in [0.5, 0.6) is 0 Å². The molecular formula is C25H17ClN2O4. The second kappa shape index (κ2) is 9.41. The quantitative estimate of drug-likeness (QED) is 0.251. The molecule has 0 radical (unpaired) electrons. The number of carbonyl (C=O) groups is 3. The molecule has 1 aromatic heterocycles. The normalized spacial score (nSPS) is 10.5. The summed E-state index contributed by atoms with van der Waals surface area (Å²) < 4.78 is 5.16. The number of hydrogen-bond acceptors (Lipinski definition) is 5. The Labute approximate surface area is 188 Å². The maximum absolute atomic E-state index is 12.4. The number of halogens is 1. The first-order valence-electron chi connectivity index (χ1n) is 9.73. The predicted octanol–water partition coefficient (Wildman–Crippen LogP) is 5.18. The number of esters is 1. The number of aromatic nitrogens is 1. The minimum Gasteiger partial charge on any atom is -0.454 e. The molecule has 1 amide bonds. The zero-order valence-corrected chi connectivity index (χ0v) is 17.5. The van der Waals surface area contributed by atoms with E-state index in [0.29, 0.717) is 33.0 Å². The van der Waals surface area contributed by atoms with Crippen LogP contribution in [0.25, 0.3) is 10.9 Å². The zero-order chi connectivity index (χ0) is 22.5. The third-order valence-electron chi connectivity index (χ3n) is 4.73. The van der Waals surface area contributed by atoms with E-state index in [1.807, 2.05) is 6.07 Å². The van der Waals surface area contributed by atoms with E-state index in [1.165, 1.54) is 0 Å². The molecule has 3 aromatic carbocycles. The average molecular weight is 445 g/mol. The van der Waals surface area contributed by atoms with E-state index in [1.54, 1.807) is 78.9 Å². The summed E-state index contributed by atoms with van der Waals surface area (Å²) in [4.78, 5) is 41.1. The number of carbonyl (C=O) groups excluding carboxylic acids is 3. The molecule has 6 nitrogen and oxygen atoms in total. The number of pyridine rings is 1. The van der Waals surface area contributed by atoms with Crippen LogP contribution < -0.4 is 5.32 Å². The number of hydrogen-bond donors (Lipinski definition) is 1. The lowest BCUT2D eigenvalue weighted by molar-refractivity contribution is 0.0475. The maximum atomic E-state index is 12.4. The van der Waals surface area contributed by atoms with Crippen molar-refractivity contribution in [1.29, 1.82) is 0 Å². The van der Waals surface area contributed by atoms with E-state index in [9.17, 15) is 14.4 Å². The van der Waals surface area contributed by atoms with Crippen LogP contribution >= 0.6 is 11.6 Å². The van der Waals surface area contributed by atoms with Gasteiger partial charge >= 0.3 is 5.97 Å². The fourth-order valence-corrected chi connectivity index (χ4v) is 3.21. The monoisotopic (exact) mass is 444 g/mol. The fourth-order valence-electron chi connectivity index (χ4n) is 3.06. The van der Waals surface area contributed by atoms with Gasteiger partial charge in [-0.3, -0.25) is 9.59 Å². The van der Waals surface area contributed by atoms with Gasteiger partial charge in [-0.25, -0.2) is 9.78 Å². The van der Waals surface area contributed by atoms with Crippen LogP contribution in [0.3, 0.4) is 0 Å². The number of nitrogens with zero attached hydrogens (tertiary/aromatic N) is 1. The van der Waals surface area contributed by atoms with E-state index in [-0.39, 0.29) is 11.7 Å². The molecule has 158 valence electrons. The SMILES string of the molecule is O=C(COC(=O)c1ccc2nc(Cl)ccc2c1)c1ccc(NC(=O)c2ccccc2)cc1. The summed E-state index contributed by atoms with van der Waals surface area (Å²) in [5.41, 5.74) is 2.43. The number of benzene rings is 3. The standard InChI is InChI=1S/C25H17ClN2O4/c26-23-13-9-18-14-19(8-12-21(18)28-23)25(31)32-15-22(29)16-6-10-20(11-7-16)27-24(30)17-4-2-1-3-5-17/h1-14H,15H2,(H,27,30). The van der Waals surface area contributed by atoms with Gasteiger partial charge in [0.05, 0.1) is 11.1 Å². The third kappa shape index (κ3) is 4.99. The van der Waals surface area contributed by atoms with Crippen molar-refractivity contribution in [2.75, 3.05) is 11.9 Å². The second-order valence-electron chi connectivity index (χ2n) is 6.94.